The summed E-state index contributed by atoms with van der Waals surface area (Å²) in [5.41, 5.74) is 0.302. The number of aromatic nitrogens is 1. The van der Waals surface area contributed by atoms with Gasteiger partial charge in [-0.05, 0) is 0 Å². The van der Waals surface area contributed by atoms with E-state index in [2.05, 4.69) is 10.3 Å². The number of nitrogens with one attached hydrogen (secondary N) is 1. The van der Waals surface area contributed by atoms with Crippen molar-refractivity contribution in [1.82, 2.24) is 4.98 Å². The Labute approximate surface area is 124 Å². The Hall–Kier alpha value is -2.61. The average Bonchev–Trinajstić information content (AvgIpc) is 2.97. The molecule has 0 spiro atoms. The van der Waals surface area contributed by atoms with Gasteiger partial charge in [0.15, 0.2) is 10.7 Å². The van der Waals surface area contributed by atoms with Gasteiger partial charge in [0.1, 0.15) is 11.5 Å². The summed E-state index contributed by atoms with van der Waals surface area (Å²) in [7, 11) is 3.00. The van der Waals surface area contributed by atoms with Gasteiger partial charge in [0, 0.05) is 29.3 Å². The first-order valence-corrected chi connectivity index (χ1v) is 6.64. The molecular formula is C13H12N2O5S. The molecule has 1 heterocycles. The van der Waals surface area contributed by atoms with Crippen molar-refractivity contribution in [2.75, 3.05) is 19.5 Å². The van der Waals surface area contributed by atoms with Crippen molar-refractivity contribution in [3.63, 3.8) is 0 Å². The summed E-state index contributed by atoms with van der Waals surface area (Å²) in [5.74, 6) is -0.624. The molecule has 0 fully saturated rings. The highest BCUT2D eigenvalue weighted by atomic mass is 32.1. The molecular weight excluding hydrogens is 296 g/mol. The number of aromatic carboxylic acids is 1. The number of amides is 1. The molecule has 0 aliphatic carbocycles. The van der Waals surface area contributed by atoms with Crippen LogP contribution >= 0.6 is 11.3 Å². The second-order valence-electron chi connectivity index (χ2n) is 3.90. The summed E-state index contributed by atoms with van der Waals surface area (Å²) < 4.78 is 10.2. The Kier molecular flexibility index (Phi) is 4.39. The van der Waals surface area contributed by atoms with Crippen LogP contribution in [0.5, 0.6) is 11.5 Å². The Morgan fingerprint density at radius 2 is 1.81 bits per heavy atom. The molecule has 1 amide bonds. The van der Waals surface area contributed by atoms with Crippen LogP contribution in [0.25, 0.3) is 0 Å². The van der Waals surface area contributed by atoms with E-state index in [1.807, 2.05) is 0 Å². The van der Waals surface area contributed by atoms with Gasteiger partial charge in [0.2, 0.25) is 0 Å². The van der Waals surface area contributed by atoms with Crippen LogP contribution in [0.2, 0.25) is 0 Å². The Bertz CT molecular complexity index is 661. The van der Waals surface area contributed by atoms with Crippen molar-refractivity contribution in [2.24, 2.45) is 0 Å². The van der Waals surface area contributed by atoms with Crippen molar-refractivity contribution < 1.29 is 24.2 Å². The van der Waals surface area contributed by atoms with Crippen LogP contribution in [0.3, 0.4) is 0 Å². The first-order valence-electron chi connectivity index (χ1n) is 5.76. The molecule has 0 saturated carbocycles. The van der Waals surface area contributed by atoms with Gasteiger partial charge < -0.3 is 19.9 Å². The van der Waals surface area contributed by atoms with Crippen molar-refractivity contribution in [3.8, 4) is 11.5 Å². The zero-order chi connectivity index (χ0) is 15.4. The maximum atomic E-state index is 12.0. The van der Waals surface area contributed by atoms with E-state index in [4.69, 9.17) is 14.6 Å². The maximum absolute atomic E-state index is 12.0. The van der Waals surface area contributed by atoms with Crippen LogP contribution in [-0.2, 0) is 0 Å². The number of carbonyl (C=O) groups excluding carboxylic acids is 1. The lowest BCUT2D eigenvalue weighted by molar-refractivity contribution is 0.0691. The lowest BCUT2D eigenvalue weighted by Crippen LogP contribution is -2.12. The highest BCUT2D eigenvalue weighted by molar-refractivity contribution is 7.12. The minimum Gasteiger partial charge on any atom is -0.497 e. The number of nitrogens with zero attached hydrogens (tertiary/aromatic N) is 1. The molecule has 0 radical (unpaired) electrons. The van der Waals surface area contributed by atoms with Gasteiger partial charge in [-0.25, -0.2) is 9.78 Å². The van der Waals surface area contributed by atoms with Crippen LogP contribution in [-0.4, -0.2) is 36.2 Å². The molecule has 0 unspecified atom stereocenters. The highest BCUT2D eigenvalue weighted by Crippen LogP contribution is 2.26. The topological polar surface area (TPSA) is 97.8 Å². The molecule has 7 nitrogen and oxygen atoms in total. The van der Waals surface area contributed by atoms with Crippen LogP contribution in [0, 0.1) is 0 Å². The van der Waals surface area contributed by atoms with Crippen molar-refractivity contribution in [3.05, 3.63) is 34.3 Å². The summed E-state index contributed by atoms with van der Waals surface area (Å²) >= 11 is 0.959. The second kappa shape index (κ2) is 6.23. The van der Waals surface area contributed by atoms with E-state index in [1.165, 1.54) is 19.6 Å². The molecule has 2 rings (SSSR count). The minimum absolute atomic E-state index is 0.0641. The summed E-state index contributed by atoms with van der Waals surface area (Å²) in [5, 5.41) is 12.8. The zero-order valence-corrected chi connectivity index (χ0v) is 12.1. The summed E-state index contributed by atoms with van der Waals surface area (Å²) in [6.07, 6.45) is 0. The van der Waals surface area contributed by atoms with Gasteiger partial charge in [-0.1, -0.05) is 0 Å². The molecule has 0 atom stereocenters. The number of ether oxygens (including phenoxy) is 2. The van der Waals surface area contributed by atoms with Gasteiger partial charge in [-0.15, -0.1) is 11.3 Å². The predicted molar refractivity (Wildman–Crippen MR) is 76.6 cm³/mol. The zero-order valence-electron chi connectivity index (χ0n) is 11.2. The lowest BCUT2D eigenvalue weighted by Gasteiger charge is -2.08. The number of carboxylic acid groups (broad SMARTS) is 1. The number of hydrogen-bond acceptors (Lipinski definition) is 6. The maximum Gasteiger partial charge on any atom is 0.355 e. The molecule has 21 heavy (non-hydrogen) atoms. The molecule has 2 aromatic rings. The number of thiazole rings is 1. The van der Waals surface area contributed by atoms with Crippen LogP contribution in [0.15, 0.2) is 23.6 Å². The molecule has 1 aromatic heterocycles. The quantitative estimate of drug-likeness (QED) is 0.878. The highest BCUT2D eigenvalue weighted by Gasteiger charge is 2.15. The number of anilines is 1. The van der Waals surface area contributed by atoms with Gasteiger partial charge in [0.05, 0.1) is 14.2 Å². The molecule has 2 N–H and O–H groups in total. The monoisotopic (exact) mass is 308 g/mol. The number of hydrogen-bond donors (Lipinski definition) is 2. The lowest BCUT2D eigenvalue weighted by atomic mass is 10.2. The number of carboxylic acids is 1. The van der Waals surface area contributed by atoms with E-state index in [0.717, 1.165) is 11.3 Å². The Morgan fingerprint density at radius 3 is 2.29 bits per heavy atom. The SMILES string of the molecule is COc1cc(NC(=O)c2nc(C(=O)O)cs2)cc(OC)c1. The summed E-state index contributed by atoms with van der Waals surface area (Å²) in [6, 6.07) is 4.90. The fraction of sp³-hybridized carbons (Fsp3) is 0.154. The fourth-order valence-electron chi connectivity index (χ4n) is 1.54. The summed E-state index contributed by atoms with van der Waals surface area (Å²) in [6.45, 7) is 0. The van der Waals surface area contributed by atoms with Gasteiger partial charge in [-0.2, -0.15) is 0 Å². The van der Waals surface area contributed by atoms with E-state index < -0.39 is 11.9 Å². The smallest absolute Gasteiger partial charge is 0.355 e. The van der Waals surface area contributed by atoms with E-state index in [-0.39, 0.29) is 10.7 Å². The Balaban J connectivity index is 2.20. The third-order valence-electron chi connectivity index (χ3n) is 2.53. The van der Waals surface area contributed by atoms with Crippen LogP contribution < -0.4 is 14.8 Å². The van der Waals surface area contributed by atoms with E-state index in [0.29, 0.717) is 17.2 Å². The van der Waals surface area contributed by atoms with Crippen molar-refractivity contribution in [1.29, 1.82) is 0 Å². The van der Waals surface area contributed by atoms with Crippen LogP contribution in [0.1, 0.15) is 20.3 Å². The molecule has 110 valence electrons. The van der Waals surface area contributed by atoms with Gasteiger partial charge in [-0.3, -0.25) is 4.79 Å². The van der Waals surface area contributed by atoms with Crippen molar-refractivity contribution in [2.45, 2.75) is 0 Å². The average molecular weight is 308 g/mol. The molecule has 1 aromatic carbocycles. The Morgan fingerprint density at radius 1 is 1.19 bits per heavy atom. The standard InChI is InChI=1S/C13H12N2O5S/c1-19-8-3-7(4-9(5-8)20-2)14-11(16)12-15-10(6-21-12)13(17)18/h3-6H,1-2H3,(H,14,16)(H,17,18). The van der Waals surface area contributed by atoms with E-state index in [9.17, 15) is 9.59 Å². The first-order chi connectivity index (χ1) is 10.0. The number of rotatable bonds is 5. The largest absolute Gasteiger partial charge is 0.497 e. The molecule has 0 saturated heterocycles. The second-order valence-corrected chi connectivity index (χ2v) is 4.76. The fourth-order valence-corrected chi connectivity index (χ4v) is 2.23. The molecule has 8 heteroatoms. The summed E-state index contributed by atoms with van der Waals surface area (Å²) in [4.78, 5) is 26.5. The van der Waals surface area contributed by atoms with Crippen LogP contribution in [0.4, 0.5) is 5.69 Å². The van der Waals surface area contributed by atoms with Crippen molar-refractivity contribution >= 4 is 28.9 Å². The van der Waals surface area contributed by atoms with E-state index >= 15 is 0 Å². The normalized spacial score (nSPS) is 10.0. The number of carbonyl (C=O) groups is 2. The minimum atomic E-state index is -1.17. The van der Waals surface area contributed by atoms with Gasteiger partial charge >= 0.3 is 5.97 Å². The first kappa shape index (κ1) is 14.8. The predicted octanol–water partition coefficient (Wildman–Crippen LogP) is 2.11. The van der Waals surface area contributed by atoms with E-state index in [1.54, 1.807) is 18.2 Å². The third kappa shape index (κ3) is 3.48. The molecule has 0 aliphatic heterocycles. The third-order valence-corrected chi connectivity index (χ3v) is 3.37. The van der Waals surface area contributed by atoms with Gasteiger partial charge in [0.25, 0.3) is 5.91 Å². The number of benzene rings is 1. The number of methoxy groups -OCH3 is 2. The molecule has 0 aliphatic rings. The molecule has 0 bridgehead atoms.